The van der Waals surface area contributed by atoms with E-state index < -0.39 is 31.2 Å². The molecule has 1 fully saturated rings. The first kappa shape index (κ1) is 23.2. The molecule has 0 saturated carbocycles. The summed E-state index contributed by atoms with van der Waals surface area (Å²) in [6.07, 6.45) is -2.64. The minimum absolute atomic E-state index is 0.0841. The van der Waals surface area contributed by atoms with Gasteiger partial charge in [-0.15, -0.1) is 9.24 Å². The third kappa shape index (κ3) is 7.82. The van der Waals surface area contributed by atoms with Crippen molar-refractivity contribution in [3.8, 4) is 0 Å². The summed E-state index contributed by atoms with van der Waals surface area (Å²) in [4.78, 5) is 23.5. The van der Waals surface area contributed by atoms with Gasteiger partial charge in [-0.3, -0.25) is 9.59 Å². The molecule has 0 bridgehead atoms. The molecular formula is C16H31N2O7P. The standard InChI is InChI=1S/C16H31N2O7P/c1-3-16(2,26)18-12(21)6-4-5-11(20)17-7-8-24-15-14(23)13(22)10(9-19)25-15/h10,13-15,19,22-23H,3-9,26H2,1-2H3,(H,17,20)(H,18,21)/t10-,13?,14+,15-,16?/m1/s1. The number of hydrogen-bond acceptors (Lipinski definition) is 7. The SMILES string of the molecule is CCC(C)(P)NC(=O)CCCC(=O)NCCO[C@@H]1O[C@H](CO)C(O)[C@@H]1O. The van der Waals surface area contributed by atoms with Crippen molar-refractivity contribution in [1.29, 1.82) is 0 Å². The van der Waals surface area contributed by atoms with E-state index >= 15 is 0 Å². The fraction of sp³-hybridized carbons (Fsp3) is 0.875. The zero-order valence-corrected chi connectivity index (χ0v) is 16.5. The van der Waals surface area contributed by atoms with Crippen LogP contribution in [0.4, 0.5) is 0 Å². The number of aliphatic hydroxyl groups is 3. The number of nitrogens with one attached hydrogen (secondary N) is 2. The van der Waals surface area contributed by atoms with Crippen LogP contribution in [0.2, 0.25) is 0 Å². The molecule has 0 aromatic heterocycles. The van der Waals surface area contributed by atoms with Gasteiger partial charge in [0, 0.05) is 19.4 Å². The van der Waals surface area contributed by atoms with Gasteiger partial charge in [0.2, 0.25) is 11.8 Å². The number of ether oxygens (including phenoxy) is 2. The summed E-state index contributed by atoms with van der Waals surface area (Å²) in [6, 6.07) is 0. The summed E-state index contributed by atoms with van der Waals surface area (Å²) in [5.74, 6) is -0.295. The second-order valence-corrected chi connectivity index (χ2v) is 7.87. The highest BCUT2D eigenvalue weighted by atomic mass is 31.0. The molecule has 1 aliphatic heterocycles. The monoisotopic (exact) mass is 394 g/mol. The molecule has 9 nitrogen and oxygen atoms in total. The lowest BCUT2D eigenvalue weighted by Crippen LogP contribution is -2.40. The Morgan fingerprint density at radius 2 is 1.88 bits per heavy atom. The van der Waals surface area contributed by atoms with E-state index in [0.29, 0.717) is 6.42 Å². The van der Waals surface area contributed by atoms with E-state index in [1.807, 2.05) is 13.8 Å². The molecule has 152 valence electrons. The zero-order valence-electron chi connectivity index (χ0n) is 15.3. The van der Waals surface area contributed by atoms with Crippen LogP contribution in [0.3, 0.4) is 0 Å². The van der Waals surface area contributed by atoms with Crippen molar-refractivity contribution in [2.24, 2.45) is 0 Å². The van der Waals surface area contributed by atoms with E-state index in [1.54, 1.807) is 0 Å². The van der Waals surface area contributed by atoms with Crippen LogP contribution in [-0.4, -0.2) is 76.8 Å². The van der Waals surface area contributed by atoms with E-state index in [2.05, 4.69) is 19.9 Å². The number of rotatable bonds is 11. The molecule has 1 rings (SSSR count). The quantitative estimate of drug-likeness (QED) is 0.220. The smallest absolute Gasteiger partial charge is 0.220 e. The largest absolute Gasteiger partial charge is 0.394 e. The molecule has 2 amide bonds. The highest BCUT2D eigenvalue weighted by Crippen LogP contribution is 2.21. The third-order valence-electron chi connectivity index (χ3n) is 4.17. The lowest BCUT2D eigenvalue weighted by atomic mass is 10.1. The van der Waals surface area contributed by atoms with Gasteiger partial charge in [-0.05, 0) is 19.8 Å². The number of hydrogen-bond donors (Lipinski definition) is 5. The number of carbonyl (C=O) groups excluding carboxylic acids is 2. The second kappa shape index (κ2) is 11.1. The Kier molecular flexibility index (Phi) is 9.92. The van der Waals surface area contributed by atoms with Gasteiger partial charge in [-0.25, -0.2) is 0 Å². The molecule has 0 aliphatic carbocycles. The number of amides is 2. The van der Waals surface area contributed by atoms with E-state index in [4.69, 9.17) is 14.6 Å². The number of aliphatic hydroxyl groups excluding tert-OH is 3. The lowest BCUT2D eigenvalue weighted by Gasteiger charge is -2.24. The summed E-state index contributed by atoms with van der Waals surface area (Å²) in [5, 5.41) is 33.4. The van der Waals surface area contributed by atoms with Gasteiger partial charge < -0.3 is 35.4 Å². The third-order valence-corrected chi connectivity index (χ3v) is 4.72. The van der Waals surface area contributed by atoms with Gasteiger partial charge in [0.05, 0.1) is 18.5 Å². The van der Waals surface area contributed by atoms with Crippen molar-refractivity contribution >= 4 is 21.1 Å². The van der Waals surface area contributed by atoms with E-state index in [-0.39, 0.29) is 43.1 Å². The van der Waals surface area contributed by atoms with Crippen molar-refractivity contribution in [1.82, 2.24) is 10.6 Å². The summed E-state index contributed by atoms with van der Waals surface area (Å²) in [6.45, 7) is 3.76. The minimum Gasteiger partial charge on any atom is -0.394 e. The highest BCUT2D eigenvalue weighted by Gasteiger charge is 2.42. The lowest BCUT2D eigenvalue weighted by molar-refractivity contribution is -0.168. The van der Waals surface area contributed by atoms with Crippen LogP contribution in [0.1, 0.15) is 39.5 Å². The average molecular weight is 394 g/mol. The molecule has 0 spiro atoms. The first-order valence-corrected chi connectivity index (χ1v) is 9.38. The van der Waals surface area contributed by atoms with E-state index in [9.17, 15) is 19.8 Å². The Balaban J connectivity index is 2.11. The Bertz CT molecular complexity index is 464. The van der Waals surface area contributed by atoms with Crippen LogP contribution in [0.25, 0.3) is 0 Å². The molecule has 1 heterocycles. The maximum Gasteiger partial charge on any atom is 0.220 e. The fourth-order valence-corrected chi connectivity index (χ4v) is 2.50. The summed E-state index contributed by atoms with van der Waals surface area (Å²) in [7, 11) is 2.60. The average Bonchev–Trinajstić information content (AvgIpc) is 2.86. The van der Waals surface area contributed by atoms with E-state index in [0.717, 1.165) is 6.42 Å². The van der Waals surface area contributed by atoms with Crippen molar-refractivity contribution in [3.63, 3.8) is 0 Å². The molecule has 0 aromatic carbocycles. The van der Waals surface area contributed by atoms with Gasteiger partial charge in [0.1, 0.15) is 18.3 Å². The van der Waals surface area contributed by atoms with Gasteiger partial charge >= 0.3 is 0 Å². The molecule has 1 aliphatic rings. The molecule has 3 unspecified atom stereocenters. The Hall–Kier alpha value is -0.830. The maximum absolute atomic E-state index is 11.8. The molecule has 26 heavy (non-hydrogen) atoms. The van der Waals surface area contributed by atoms with Crippen LogP contribution in [0.5, 0.6) is 0 Å². The van der Waals surface area contributed by atoms with Crippen LogP contribution in [0.15, 0.2) is 0 Å². The van der Waals surface area contributed by atoms with Crippen LogP contribution >= 0.6 is 9.24 Å². The molecule has 1 saturated heterocycles. The van der Waals surface area contributed by atoms with Gasteiger partial charge in [-0.2, -0.15) is 0 Å². The Morgan fingerprint density at radius 3 is 2.46 bits per heavy atom. The van der Waals surface area contributed by atoms with Crippen molar-refractivity contribution < 1.29 is 34.4 Å². The zero-order chi connectivity index (χ0) is 19.7. The molecule has 5 N–H and O–H groups in total. The second-order valence-electron chi connectivity index (χ2n) is 6.60. The Labute approximate surface area is 156 Å². The normalized spacial score (nSPS) is 27.8. The topological polar surface area (TPSA) is 137 Å². The van der Waals surface area contributed by atoms with Gasteiger partial charge in [0.25, 0.3) is 0 Å². The molecule has 10 heteroatoms. The van der Waals surface area contributed by atoms with Gasteiger partial charge in [0.15, 0.2) is 6.29 Å². The summed E-state index contributed by atoms with van der Waals surface area (Å²) >= 11 is 0. The Morgan fingerprint density at radius 1 is 1.23 bits per heavy atom. The van der Waals surface area contributed by atoms with Gasteiger partial charge in [-0.1, -0.05) is 6.92 Å². The fourth-order valence-electron chi connectivity index (χ4n) is 2.34. The van der Waals surface area contributed by atoms with Crippen molar-refractivity contribution in [2.75, 3.05) is 19.8 Å². The first-order valence-electron chi connectivity index (χ1n) is 8.80. The predicted octanol–water partition coefficient (Wildman–Crippen LogP) is -1.15. The van der Waals surface area contributed by atoms with E-state index in [1.165, 1.54) is 0 Å². The first-order chi connectivity index (χ1) is 12.2. The maximum atomic E-state index is 11.8. The molecular weight excluding hydrogens is 363 g/mol. The van der Waals surface area contributed by atoms with Crippen molar-refractivity contribution in [2.45, 2.75) is 69.4 Å². The summed E-state index contributed by atoms with van der Waals surface area (Å²) in [5.41, 5.74) is 0. The van der Waals surface area contributed by atoms with Crippen LogP contribution in [-0.2, 0) is 19.1 Å². The molecule has 0 aromatic rings. The molecule has 0 radical (unpaired) electrons. The van der Waals surface area contributed by atoms with Crippen LogP contribution < -0.4 is 10.6 Å². The minimum atomic E-state index is -1.24. The van der Waals surface area contributed by atoms with Crippen molar-refractivity contribution in [3.05, 3.63) is 0 Å². The number of carbonyl (C=O) groups is 2. The highest BCUT2D eigenvalue weighted by molar-refractivity contribution is 7.18. The summed E-state index contributed by atoms with van der Waals surface area (Å²) < 4.78 is 10.4. The predicted molar refractivity (Wildman–Crippen MR) is 97.1 cm³/mol. The molecule has 6 atom stereocenters. The van der Waals surface area contributed by atoms with Crippen LogP contribution in [0, 0.1) is 0 Å².